The molecule has 1 heterocycles. The molecule has 0 aromatic carbocycles. The van der Waals surface area contributed by atoms with Crippen LogP contribution in [0.25, 0.3) is 0 Å². The summed E-state index contributed by atoms with van der Waals surface area (Å²) in [6.45, 7) is 4.70. The zero-order valence-electron chi connectivity index (χ0n) is 10.4. The Morgan fingerprint density at radius 3 is 2.82 bits per heavy atom. The molecule has 1 aromatic rings. The van der Waals surface area contributed by atoms with Gasteiger partial charge in [-0.25, -0.2) is 0 Å². The molecule has 1 atom stereocenters. The lowest BCUT2D eigenvalue weighted by atomic mass is 10.2. The summed E-state index contributed by atoms with van der Waals surface area (Å²) < 4.78 is 5.44. The van der Waals surface area contributed by atoms with Crippen molar-refractivity contribution < 1.29 is 9.84 Å². The van der Waals surface area contributed by atoms with Gasteiger partial charge in [-0.05, 0) is 25.0 Å². The van der Waals surface area contributed by atoms with Gasteiger partial charge in [-0.3, -0.25) is 0 Å². The van der Waals surface area contributed by atoms with Gasteiger partial charge in [0.1, 0.15) is 5.82 Å². The molecule has 96 valence electrons. The van der Waals surface area contributed by atoms with E-state index in [1.807, 2.05) is 13.8 Å². The summed E-state index contributed by atoms with van der Waals surface area (Å²) in [4.78, 5) is 4.28. The highest BCUT2D eigenvalue weighted by atomic mass is 16.5. The van der Waals surface area contributed by atoms with E-state index in [9.17, 15) is 0 Å². The molecule has 0 aliphatic heterocycles. The van der Waals surface area contributed by atoms with E-state index in [-0.39, 0.29) is 12.6 Å². The summed E-state index contributed by atoms with van der Waals surface area (Å²) in [5.41, 5.74) is 6.29. The van der Waals surface area contributed by atoms with E-state index in [1.54, 1.807) is 12.1 Å². The molecule has 0 radical (unpaired) electrons. The highest BCUT2D eigenvalue weighted by Crippen LogP contribution is 2.21. The van der Waals surface area contributed by atoms with Crippen LogP contribution in [0.3, 0.4) is 0 Å². The first kappa shape index (κ1) is 13.6. The van der Waals surface area contributed by atoms with Crippen molar-refractivity contribution in [2.24, 2.45) is 0 Å². The van der Waals surface area contributed by atoms with Crippen LogP contribution in [0.2, 0.25) is 0 Å². The fourth-order valence-corrected chi connectivity index (χ4v) is 1.33. The maximum absolute atomic E-state index is 9.11. The van der Waals surface area contributed by atoms with Crippen molar-refractivity contribution in [2.45, 2.75) is 32.7 Å². The van der Waals surface area contributed by atoms with E-state index in [1.165, 1.54) is 0 Å². The maximum Gasteiger partial charge on any atom is 0.239 e. The third-order valence-electron chi connectivity index (χ3n) is 2.40. The zero-order chi connectivity index (χ0) is 12.7. The molecule has 1 rings (SSSR count). The molecule has 1 unspecified atom stereocenters. The first-order valence-corrected chi connectivity index (χ1v) is 5.97. The SMILES string of the molecule is CCCOc1nc(NC(CC)CO)ccc1N. The van der Waals surface area contributed by atoms with Crippen molar-refractivity contribution in [3.8, 4) is 5.88 Å². The number of aliphatic hydroxyl groups excluding tert-OH is 1. The fraction of sp³-hybridized carbons (Fsp3) is 0.583. The average molecular weight is 239 g/mol. The quantitative estimate of drug-likeness (QED) is 0.674. The topological polar surface area (TPSA) is 80.4 Å². The predicted octanol–water partition coefficient (Wildman–Crippen LogP) is 1.64. The lowest BCUT2D eigenvalue weighted by Gasteiger charge is -2.16. The van der Waals surface area contributed by atoms with Gasteiger partial charge in [0, 0.05) is 0 Å². The molecule has 5 nitrogen and oxygen atoms in total. The second-order valence-electron chi connectivity index (χ2n) is 3.87. The molecule has 17 heavy (non-hydrogen) atoms. The van der Waals surface area contributed by atoms with E-state index < -0.39 is 0 Å². The molecule has 0 spiro atoms. The molecule has 0 aliphatic rings. The van der Waals surface area contributed by atoms with E-state index >= 15 is 0 Å². The van der Waals surface area contributed by atoms with Crippen molar-refractivity contribution in [2.75, 3.05) is 24.3 Å². The summed E-state index contributed by atoms with van der Waals surface area (Å²) >= 11 is 0. The highest BCUT2D eigenvalue weighted by molar-refractivity contribution is 5.53. The number of aromatic nitrogens is 1. The van der Waals surface area contributed by atoms with E-state index in [4.69, 9.17) is 15.6 Å². The third-order valence-corrected chi connectivity index (χ3v) is 2.40. The number of anilines is 2. The summed E-state index contributed by atoms with van der Waals surface area (Å²) in [6.07, 6.45) is 1.74. The van der Waals surface area contributed by atoms with Gasteiger partial charge in [-0.15, -0.1) is 0 Å². The molecule has 0 saturated carbocycles. The standard InChI is InChI=1S/C12H21N3O2/c1-3-7-17-12-10(13)5-6-11(15-12)14-9(4-2)8-16/h5-6,9,16H,3-4,7-8,13H2,1-2H3,(H,14,15). The average Bonchev–Trinajstić information content (AvgIpc) is 2.36. The Balaban J connectivity index is 2.73. The smallest absolute Gasteiger partial charge is 0.239 e. The summed E-state index contributed by atoms with van der Waals surface area (Å²) in [7, 11) is 0. The number of hydrogen-bond acceptors (Lipinski definition) is 5. The van der Waals surface area contributed by atoms with Gasteiger partial charge >= 0.3 is 0 Å². The fourth-order valence-electron chi connectivity index (χ4n) is 1.33. The Kier molecular flexibility index (Phi) is 5.56. The number of nitrogens with one attached hydrogen (secondary N) is 1. The van der Waals surface area contributed by atoms with Gasteiger partial charge in [-0.1, -0.05) is 13.8 Å². The van der Waals surface area contributed by atoms with Gasteiger partial charge in [-0.2, -0.15) is 4.98 Å². The number of nitrogens with two attached hydrogens (primary N) is 1. The van der Waals surface area contributed by atoms with Gasteiger partial charge < -0.3 is 20.9 Å². The first-order valence-electron chi connectivity index (χ1n) is 5.97. The number of aliphatic hydroxyl groups is 1. The van der Waals surface area contributed by atoms with Crippen molar-refractivity contribution >= 4 is 11.5 Å². The van der Waals surface area contributed by atoms with Crippen molar-refractivity contribution in [1.29, 1.82) is 0 Å². The summed E-state index contributed by atoms with van der Waals surface area (Å²) in [6, 6.07) is 3.54. The number of hydrogen-bond donors (Lipinski definition) is 3. The molecule has 0 fully saturated rings. The summed E-state index contributed by atoms with van der Waals surface area (Å²) in [5, 5.41) is 12.2. The van der Waals surface area contributed by atoms with E-state index in [0.717, 1.165) is 12.8 Å². The van der Waals surface area contributed by atoms with Gasteiger partial charge in [0.25, 0.3) is 0 Å². The molecule has 1 aromatic heterocycles. The minimum absolute atomic E-state index is 0.00477. The number of rotatable bonds is 7. The highest BCUT2D eigenvalue weighted by Gasteiger charge is 2.08. The molecule has 4 N–H and O–H groups in total. The van der Waals surface area contributed by atoms with E-state index in [0.29, 0.717) is 24.0 Å². The molecular weight excluding hydrogens is 218 g/mol. The van der Waals surface area contributed by atoms with Crippen LogP contribution in [-0.4, -0.2) is 29.3 Å². The molecule has 0 amide bonds. The van der Waals surface area contributed by atoms with Crippen LogP contribution in [-0.2, 0) is 0 Å². The Hall–Kier alpha value is -1.49. The van der Waals surface area contributed by atoms with Crippen LogP contribution in [0.5, 0.6) is 5.88 Å². The molecule has 0 saturated heterocycles. The van der Waals surface area contributed by atoms with Gasteiger partial charge in [0.15, 0.2) is 0 Å². The molecule has 0 aliphatic carbocycles. The van der Waals surface area contributed by atoms with Crippen molar-refractivity contribution in [1.82, 2.24) is 4.98 Å². The van der Waals surface area contributed by atoms with Gasteiger partial charge in [0.2, 0.25) is 5.88 Å². The Morgan fingerprint density at radius 2 is 2.24 bits per heavy atom. The Morgan fingerprint density at radius 1 is 1.47 bits per heavy atom. The molecule has 5 heteroatoms. The summed E-state index contributed by atoms with van der Waals surface area (Å²) in [5.74, 6) is 1.12. The normalized spacial score (nSPS) is 12.2. The van der Waals surface area contributed by atoms with Gasteiger partial charge in [0.05, 0.1) is 24.9 Å². The van der Waals surface area contributed by atoms with Crippen LogP contribution in [0.4, 0.5) is 11.5 Å². The minimum Gasteiger partial charge on any atom is -0.476 e. The Labute approximate surface area is 102 Å². The number of pyridine rings is 1. The van der Waals surface area contributed by atoms with E-state index in [2.05, 4.69) is 10.3 Å². The zero-order valence-corrected chi connectivity index (χ0v) is 10.4. The molecule has 0 bridgehead atoms. The lowest BCUT2D eigenvalue weighted by Crippen LogP contribution is -2.23. The van der Waals surface area contributed by atoms with Crippen molar-refractivity contribution in [3.63, 3.8) is 0 Å². The lowest BCUT2D eigenvalue weighted by molar-refractivity contribution is 0.271. The van der Waals surface area contributed by atoms with Crippen LogP contribution >= 0.6 is 0 Å². The van der Waals surface area contributed by atoms with Crippen molar-refractivity contribution in [3.05, 3.63) is 12.1 Å². The van der Waals surface area contributed by atoms with Crippen LogP contribution in [0.1, 0.15) is 26.7 Å². The third kappa shape index (κ3) is 4.11. The van der Waals surface area contributed by atoms with Crippen LogP contribution < -0.4 is 15.8 Å². The monoisotopic (exact) mass is 239 g/mol. The largest absolute Gasteiger partial charge is 0.476 e. The first-order chi connectivity index (χ1) is 8.21. The molecular formula is C12H21N3O2. The number of nitrogen functional groups attached to an aromatic ring is 1. The minimum atomic E-state index is 0.00477. The second kappa shape index (κ2) is 6.96. The maximum atomic E-state index is 9.11. The van der Waals surface area contributed by atoms with Crippen LogP contribution in [0, 0.1) is 0 Å². The predicted molar refractivity (Wildman–Crippen MR) is 69.2 cm³/mol. The number of ether oxygens (including phenoxy) is 1. The van der Waals surface area contributed by atoms with Crippen LogP contribution in [0.15, 0.2) is 12.1 Å². The second-order valence-corrected chi connectivity index (χ2v) is 3.87. The Bertz CT molecular complexity index is 341. The number of nitrogens with zero attached hydrogens (tertiary/aromatic N) is 1.